The number of amides is 1. The molecule has 2 heterocycles. The third-order valence-electron chi connectivity index (χ3n) is 3.38. The van der Waals surface area contributed by atoms with Gasteiger partial charge in [0.05, 0.1) is 5.56 Å². The average Bonchev–Trinajstić information content (AvgIpc) is 2.36. The fraction of sp³-hybridized carbons (Fsp3) is 0.538. The molecular weight excluding hydrogens is 308 g/mol. The highest BCUT2D eigenvalue weighted by Crippen LogP contribution is 2.25. The van der Waals surface area contributed by atoms with Crippen molar-refractivity contribution in [3.05, 3.63) is 22.3 Å². The van der Waals surface area contributed by atoms with E-state index >= 15 is 0 Å². The third kappa shape index (κ3) is 3.25. The number of hydrogen-bond donors (Lipinski definition) is 2. The van der Waals surface area contributed by atoms with E-state index in [1.54, 1.807) is 12.3 Å². The Bertz CT molecular complexity index is 470. The van der Waals surface area contributed by atoms with Crippen LogP contribution in [0.15, 0.2) is 16.7 Å². The van der Waals surface area contributed by atoms with Gasteiger partial charge >= 0.3 is 0 Å². The zero-order valence-corrected chi connectivity index (χ0v) is 12.8. The molecule has 6 heteroatoms. The number of likely N-dealkylation sites (tertiary alicyclic amines) is 1. The minimum atomic E-state index is -0.0137. The number of piperidine rings is 1. The summed E-state index contributed by atoms with van der Waals surface area (Å²) in [5.74, 6) is 6.89. The maximum absolute atomic E-state index is 12.6. The van der Waals surface area contributed by atoms with Crippen LogP contribution in [0.1, 0.15) is 30.6 Å². The van der Waals surface area contributed by atoms with Gasteiger partial charge in [-0.05, 0) is 40.3 Å². The van der Waals surface area contributed by atoms with Gasteiger partial charge in [0, 0.05) is 23.8 Å². The van der Waals surface area contributed by atoms with Crippen LogP contribution in [0.4, 0.5) is 5.82 Å². The molecule has 0 aliphatic carbocycles. The Kier molecular flexibility index (Phi) is 4.42. The molecule has 19 heavy (non-hydrogen) atoms. The van der Waals surface area contributed by atoms with Crippen molar-refractivity contribution >= 4 is 27.7 Å². The Morgan fingerprint density at radius 2 is 2.11 bits per heavy atom. The van der Waals surface area contributed by atoms with E-state index in [0.717, 1.165) is 17.6 Å². The number of rotatable bonds is 2. The number of hydrazine groups is 1. The number of hydrogen-bond acceptors (Lipinski definition) is 4. The Labute approximate surface area is 121 Å². The summed E-state index contributed by atoms with van der Waals surface area (Å²) in [6, 6.07) is 1.76. The maximum atomic E-state index is 12.6. The summed E-state index contributed by atoms with van der Waals surface area (Å²) >= 11 is 3.34. The Morgan fingerprint density at radius 1 is 1.47 bits per heavy atom. The highest BCUT2D eigenvalue weighted by Gasteiger charge is 2.27. The van der Waals surface area contributed by atoms with E-state index in [4.69, 9.17) is 5.84 Å². The van der Waals surface area contributed by atoms with Gasteiger partial charge in [0.15, 0.2) is 5.82 Å². The van der Waals surface area contributed by atoms with Gasteiger partial charge in [-0.2, -0.15) is 0 Å². The number of anilines is 1. The molecule has 0 saturated carbocycles. The summed E-state index contributed by atoms with van der Waals surface area (Å²) < 4.78 is 0.771. The summed E-state index contributed by atoms with van der Waals surface area (Å²) in [6.45, 7) is 5.94. The summed E-state index contributed by atoms with van der Waals surface area (Å²) in [6.07, 6.45) is 2.79. The van der Waals surface area contributed by atoms with Crippen molar-refractivity contribution in [3.63, 3.8) is 0 Å². The molecule has 1 fully saturated rings. The van der Waals surface area contributed by atoms with Crippen LogP contribution in [-0.2, 0) is 0 Å². The number of carbonyl (C=O) groups is 1. The van der Waals surface area contributed by atoms with Gasteiger partial charge < -0.3 is 10.3 Å². The fourth-order valence-corrected chi connectivity index (χ4v) is 3.05. The molecule has 2 rings (SSSR count). The second-order valence-electron chi connectivity index (χ2n) is 5.35. The molecule has 3 N–H and O–H groups in total. The third-order valence-corrected chi connectivity index (χ3v) is 3.81. The Balaban J connectivity index is 2.26. The molecule has 1 amide bonds. The number of aromatic nitrogens is 1. The van der Waals surface area contributed by atoms with E-state index in [-0.39, 0.29) is 5.91 Å². The maximum Gasteiger partial charge on any atom is 0.257 e. The minimum Gasteiger partial charge on any atom is -0.338 e. The molecule has 1 aliphatic rings. The molecule has 1 aliphatic heterocycles. The zero-order chi connectivity index (χ0) is 14.0. The predicted octanol–water partition coefficient (Wildman–Crippen LogP) is 2.25. The quantitative estimate of drug-likeness (QED) is 0.646. The van der Waals surface area contributed by atoms with Crippen LogP contribution in [0, 0.1) is 11.8 Å². The number of pyridine rings is 1. The topological polar surface area (TPSA) is 71.2 Å². The van der Waals surface area contributed by atoms with Gasteiger partial charge in [-0.25, -0.2) is 10.8 Å². The van der Waals surface area contributed by atoms with Gasteiger partial charge in [-0.1, -0.05) is 13.8 Å². The molecule has 1 aromatic heterocycles. The molecule has 0 radical (unpaired) electrons. The van der Waals surface area contributed by atoms with Crippen LogP contribution in [0.5, 0.6) is 0 Å². The van der Waals surface area contributed by atoms with Crippen LogP contribution in [-0.4, -0.2) is 28.9 Å². The van der Waals surface area contributed by atoms with E-state index in [0.29, 0.717) is 23.2 Å². The largest absolute Gasteiger partial charge is 0.338 e. The lowest BCUT2D eigenvalue weighted by Gasteiger charge is -2.35. The van der Waals surface area contributed by atoms with E-state index < -0.39 is 0 Å². The van der Waals surface area contributed by atoms with Crippen molar-refractivity contribution in [1.29, 1.82) is 0 Å². The van der Waals surface area contributed by atoms with Crippen LogP contribution in [0.25, 0.3) is 0 Å². The standard InChI is InChI=1S/C13H19BrN4O/c1-8-3-9(2)7-18(6-8)13(19)11-4-10(14)5-16-12(11)17-15/h4-5,8-9H,3,6-7,15H2,1-2H3,(H,16,17). The number of nitrogens with one attached hydrogen (secondary N) is 1. The second kappa shape index (κ2) is 5.88. The summed E-state index contributed by atoms with van der Waals surface area (Å²) in [4.78, 5) is 18.6. The van der Waals surface area contributed by atoms with Crippen LogP contribution < -0.4 is 11.3 Å². The normalized spacial score (nSPS) is 23.3. The summed E-state index contributed by atoms with van der Waals surface area (Å²) in [7, 11) is 0. The van der Waals surface area contributed by atoms with Gasteiger partial charge in [-0.15, -0.1) is 0 Å². The molecule has 5 nitrogen and oxygen atoms in total. The first-order chi connectivity index (χ1) is 9.01. The monoisotopic (exact) mass is 326 g/mol. The molecule has 2 atom stereocenters. The van der Waals surface area contributed by atoms with Crippen molar-refractivity contribution < 1.29 is 4.79 Å². The van der Waals surface area contributed by atoms with Crippen molar-refractivity contribution in [1.82, 2.24) is 9.88 Å². The van der Waals surface area contributed by atoms with Crippen LogP contribution in [0.2, 0.25) is 0 Å². The summed E-state index contributed by atoms with van der Waals surface area (Å²) in [5.41, 5.74) is 3.00. The molecule has 1 aromatic rings. The lowest BCUT2D eigenvalue weighted by atomic mass is 9.91. The number of carbonyl (C=O) groups excluding carboxylic acids is 1. The smallest absolute Gasteiger partial charge is 0.257 e. The van der Waals surface area contributed by atoms with Crippen molar-refractivity contribution in [2.45, 2.75) is 20.3 Å². The van der Waals surface area contributed by atoms with E-state index in [1.165, 1.54) is 6.42 Å². The molecular formula is C13H19BrN4O. The molecule has 0 bridgehead atoms. The number of nitrogens with two attached hydrogens (primary N) is 1. The number of halogens is 1. The lowest BCUT2D eigenvalue weighted by molar-refractivity contribution is 0.0623. The first kappa shape index (κ1) is 14.3. The SMILES string of the molecule is CC1CC(C)CN(C(=O)c2cc(Br)cnc2NN)C1. The van der Waals surface area contributed by atoms with E-state index in [2.05, 4.69) is 40.2 Å². The van der Waals surface area contributed by atoms with Crippen LogP contribution in [0.3, 0.4) is 0 Å². The van der Waals surface area contributed by atoms with Crippen molar-refractivity contribution in [2.75, 3.05) is 18.5 Å². The predicted molar refractivity (Wildman–Crippen MR) is 78.6 cm³/mol. The highest BCUT2D eigenvalue weighted by molar-refractivity contribution is 9.10. The Hall–Kier alpha value is -1.14. The summed E-state index contributed by atoms with van der Waals surface area (Å²) in [5, 5.41) is 0. The van der Waals surface area contributed by atoms with Gasteiger partial charge in [-0.3, -0.25) is 4.79 Å². The Morgan fingerprint density at radius 3 is 2.68 bits per heavy atom. The average molecular weight is 327 g/mol. The van der Waals surface area contributed by atoms with Gasteiger partial charge in [0.25, 0.3) is 5.91 Å². The number of nitrogens with zero attached hydrogens (tertiary/aromatic N) is 2. The molecule has 104 valence electrons. The van der Waals surface area contributed by atoms with Crippen LogP contribution >= 0.6 is 15.9 Å². The van der Waals surface area contributed by atoms with Gasteiger partial charge in [0.1, 0.15) is 0 Å². The molecule has 2 unspecified atom stereocenters. The lowest BCUT2D eigenvalue weighted by Crippen LogP contribution is -2.43. The molecule has 0 aromatic carbocycles. The molecule has 0 spiro atoms. The van der Waals surface area contributed by atoms with Crippen molar-refractivity contribution in [3.8, 4) is 0 Å². The fourth-order valence-electron chi connectivity index (χ4n) is 2.72. The van der Waals surface area contributed by atoms with Gasteiger partial charge in [0.2, 0.25) is 0 Å². The van der Waals surface area contributed by atoms with Crippen molar-refractivity contribution in [2.24, 2.45) is 17.7 Å². The zero-order valence-electron chi connectivity index (χ0n) is 11.2. The molecule has 1 saturated heterocycles. The number of nitrogen functional groups attached to an aromatic ring is 1. The first-order valence-corrected chi connectivity index (χ1v) is 7.22. The first-order valence-electron chi connectivity index (χ1n) is 6.42. The van der Waals surface area contributed by atoms with E-state index in [9.17, 15) is 4.79 Å². The van der Waals surface area contributed by atoms with E-state index in [1.807, 2.05) is 4.90 Å². The highest BCUT2D eigenvalue weighted by atomic mass is 79.9. The minimum absolute atomic E-state index is 0.0137. The second-order valence-corrected chi connectivity index (χ2v) is 6.27.